The van der Waals surface area contributed by atoms with Crippen molar-refractivity contribution in [2.45, 2.75) is 43.0 Å². The molecule has 1 aromatic rings. The third-order valence-corrected chi connectivity index (χ3v) is 6.82. The number of sulfonamides is 1. The smallest absolute Gasteiger partial charge is 0.246 e. The number of nitrogens with zero attached hydrogens (tertiary/aromatic N) is 1. The van der Waals surface area contributed by atoms with Crippen LogP contribution in [0.5, 0.6) is 5.75 Å². The third-order valence-electron chi connectivity index (χ3n) is 4.90. The van der Waals surface area contributed by atoms with E-state index in [9.17, 15) is 13.2 Å². The maximum absolute atomic E-state index is 13.0. The van der Waals surface area contributed by atoms with Crippen molar-refractivity contribution in [2.24, 2.45) is 0 Å². The molecule has 1 saturated carbocycles. The lowest BCUT2D eigenvalue weighted by Crippen LogP contribution is -2.40. The molecule has 8 heteroatoms. The summed E-state index contributed by atoms with van der Waals surface area (Å²) < 4.78 is 37.8. The minimum absolute atomic E-state index is 0.0724. The van der Waals surface area contributed by atoms with Gasteiger partial charge in [-0.1, -0.05) is 18.9 Å². The molecule has 0 aromatic heterocycles. The fraction of sp³-hybridized carbons (Fsp3) is 0.611. The topological polar surface area (TPSA) is 84.9 Å². The number of morpholine rings is 1. The molecule has 7 nitrogen and oxygen atoms in total. The molecule has 0 radical (unpaired) electrons. The van der Waals surface area contributed by atoms with Crippen molar-refractivity contribution < 1.29 is 22.7 Å². The van der Waals surface area contributed by atoms with E-state index in [1.54, 1.807) is 18.2 Å². The predicted octanol–water partition coefficient (Wildman–Crippen LogP) is 1.32. The fourth-order valence-corrected chi connectivity index (χ4v) is 5.11. The summed E-state index contributed by atoms with van der Waals surface area (Å²) in [7, 11) is -2.24. The molecular weight excluding hydrogens is 356 g/mol. The first kappa shape index (κ1) is 19.1. The van der Waals surface area contributed by atoms with Crippen LogP contribution in [0.3, 0.4) is 0 Å². The van der Waals surface area contributed by atoms with Gasteiger partial charge in [-0.15, -0.1) is 0 Å². The number of amides is 1. The van der Waals surface area contributed by atoms with Crippen LogP contribution in [-0.4, -0.2) is 58.1 Å². The molecule has 1 aliphatic carbocycles. The summed E-state index contributed by atoms with van der Waals surface area (Å²) in [5, 5.41) is 3.03. The summed E-state index contributed by atoms with van der Waals surface area (Å²) in [5.74, 6) is 0.216. The van der Waals surface area contributed by atoms with Gasteiger partial charge in [0.2, 0.25) is 15.9 Å². The summed E-state index contributed by atoms with van der Waals surface area (Å²) in [6.07, 6.45) is 4.49. The second-order valence-electron chi connectivity index (χ2n) is 6.73. The van der Waals surface area contributed by atoms with E-state index in [0.29, 0.717) is 31.9 Å². The second kappa shape index (κ2) is 8.37. The molecule has 144 valence electrons. The van der Waals surface area contributed by atoms with Gasteiger partial charge in [-0.3, -0.25) is 4.79 Å². The Labute approximate surface area is 154 Å². The number of ether oxygens (including phenoxy) is 2. The average molecular weight is 382 g/mol. The van der Waals surface area contributed by atoms with Crippen LogP contribution in [-0.2, 0) is 26.0 Å². The lowest BCUT2D eigenvalue weighted by atomic mass is 10.1. The Bertz CT molecular complexity index is 738. The molecule has 1 N–H and O–H groups in total. The molecule has 2 aliphatic rings. The summed E-state index contributed by atoms with van der Waals surface area (Å²) in [6.45, 7) is 1.39. The maximum atomic E-state index is 13.0. The van der Waals surface area contributed by atoms with Crippen molar-refractivity contribution in [3.8, 4) is 5.75 Å². The van der Waals surface area contributed by atoms with Gasteiger partial charge in [0.05, 0.1) is 26.7 Å². The highest BCUT2D eigenvalue weighted by Crippen LogP contribution is 2.28. The van der Waals surface area contributed by atoms with Crippen LogP contribution in [0.1, 0.15) is 31.2 Å². The quantitative estimate of drug-likeness (QED) is 0.802. The van der Waals surface area contributed by atoms with Crippen LogP contribution < -0.4 is 10.1 Å². The van der Waals surface area contributed by atoms with Crippen molar-refractivity contribution in [1.29, 1.82) is 0 Å². The van der Waals surface area contributed by atoms with Crippen LogP contribution >= 0.6 is 0 Å². The Morgan fingerprint density at radius 2 is 1.96 bits per heavy atom. The highest BCUT2D eigenvalue weighted by molar-refractivity contribution is 7.89. The Morgan fingerprint density at radius 3 is 2.62 bits per heavy atom. The molecule has 26 heavy (non-hydrogen) atoms. The van der Waals surface area contributed by atoms with Crippen molar-refractivity contribution in [3.63, 3.8) is 0 Å². The zero-order chi connectivity index (χ0) is 18.6. The minimum atomic E-state index is -3.69. The first-order valence-corrected chi connectivity index (χ1v) is 10.5. The van der Waals surface area contributed by atoms with E-state index in [0.717, 1.165) is 25.7 Å². The number of carbonyl (C=O) groups is 1. The van der Waals surface area contributed by atoms with Crippen molar-refractivity contribution in [2.75, 3.05) is 33.4 Å². The molecular formula is C18H26N2O5S. The molecule has 0 spiro atoms. The van der Waals surface area contributed by atoms with Crippen molar-refractivity contribution in [1.82, 2.24) is 9.62 Å². The summed E-state index contributed by atoms with van der Waals surface area (Å²) in [6, 6.07) is 5.16. The van der Waals surface area contributed by atoms with Gasteiger partial charge in [-0.25, -0.2) is 8.42 Å². The van der Waals surface area contributed by atoms with Gasteiger partial charge in [0.25, 0.3) is 0 Å². The Hall–Kier alpha value is -1.64. The lowest BCUT2D eigenvalue weighted by Gasteiger charge is -2.26. The van der Waals surface area contributed by atoms with Gasteiger partial charge in [0.1, 0.15) is 10.6 Å². The van der Waals surface area contributed by atoms with Crippen molar-refractivity contribution >= 4 is 15.9 Å². The van der Waals surface area contributed by atoms with Crippen LogP contribution in [0.2, 0.25) is 0 Å². The van der Waals surface area contributed by atoms with Crippen LogP contribution in [0, 0.1) is 0 Å². The third kappa shape index (κ3) is 4.36. The largest absolute Gasteiger partial charge is 0.495 e. The van der Waals surface area contributed by atoms with Gasteiger partial charge in [0.15, 0.2) is 0 Å². The standard InChI is InChI=1S/C18H26N2O5S/c1-24-16-7-6-14(13-18(21)19-15-4-2-3-5-15)12-17(16)26(22,23)20-8-10-25-11-9-20/h6-7,12,15H,2-5,8-11,13H2,1H3,(H,19,21). The van der Waals surface area contributed by atoms with E-state index < -0.39 is 10.0 Å². The predicted molar refractivity (Wildman–Crippen MR) is 96.7 cm³/mol. The van der Waals surface area contributed by atoms with Gasteiger partial charge in [-0.05, 0) is 30.5 Å². The van der Waals surface area contributed by atoms with Crippen LogP contribution in [0.4, 0.5) is 0 Å². The van der Waals surface area contributed by atoms with Gasteiger partial charge >= 0.3 is 0 Å². The zero-order valence-electron chi connectivity index (χ0n) is 15.1. The number of benzene rings is 1. The van der Waals surface area contributed by atoms with Crippen LogP contribution in [0.25, 0.3) is 0 Å². The van der Waals surface area contributed by atoms with E-state index in [-0.39, 0.29) is 29.0 Å². The number of methoxy groups -OCH3 is 1. The number of nitrogens with one attached hydrogen (secondary N) is 1. The van der Waals surface area contributed by atoms with Gasteiger partial charge in [-0.2, -0.15) is 4.31 Å². The van der Waals surface area contributed by atoms with E-state index in [1.165, 1.54) is 11.4 Å². The van der Waals surface area contributed by atoms with E-state index in [4.69, 9.17) is 9.47 Å². The first-order chi connectivity index (χ1) is 12.5. The van der Waals surface area contributed by atoms with Crippen molar-refractivity contribution in [3.05, 3.63) is 23.8 Å². The highest BCUT2D eigenvalue weighted by atomic mass is 32.2. The summed E-state index contributed by atoms with van der Waals surface area (Å²) >= 11 is 0. The lowest BCUT2D eigenvalue weighted by molar-refractivity contribution is -0.121. The molecule has 0 atom stereocenters. The zero-order valence-corrected chi connectivity index (χ0v) is 15.9. The molecule has 1 aromatic carbocycles. The highest BCUT2D eigenvalue weighted by Gasteiger charge is 2.29. The Balaban J connectivity index is 1.78. The summed E-state index contributed by atoms with van der Waals surface area (Å²) in [4.78, 5) is 12.4. The van der Waals surface area contributed by atoms with Gasteiger partial charge in [0, 0.05) is 19.1 Å². The molecule has 0 unspecified atom stereocenters. The molecule has 2 fully saturated rings. The van der Waals surface area contributed by atoms with Gasteiger partial charge < -0.3 is 14.8 Å². The average Bonchev–Trinajstić information content (AvgIpc) is 3.15. The number of rotatable bonds is 6. The summed E-state index contributed by atoms with van der Waals surface area (Å²) in [5.41, 5.74) is 0.660. The Morgan fingerprint density at radius 1 is 1.27 bits per heavy atom. The SMILES string of the molecule is COc1ccc(CC(=O)NC2CCCC2)cc1S(=O)(=O)N1CCOCC1. The maximum Gasteiger partial charge on any atom is 0.246 e. The Kier molecular flexibility index (Phi) is 6.16. The first-order valence-electron chi connectivity index (χ1n) is 9.05. The van der Waals surface area contributed by atoms with E-state index in [1.807, 2.05) is 0 Å². The van der Waals surface area contributed by atoms with E-state index in [2.05, 4.69) is 5.32 Å². The number of carbonyl (C=O) groups excluding carboxylic acids is 1. The molecule has 1 aliphatic heterocycles. The monoisotopic (exact) mass is 382 g/mol. The van der Waals surface area contributed by atoms with Crippen LogP contribution in [0.15, 0.2) is 23.1 Å². The molecule has 3 rings (SSSR count). The number of hydrogen-bond donors (Lipinski definition) is 1. The number of hydrogen-bond acceptors (Lipinski definition) is 5. The molecule has 1 amide bonds. The second-order valence-corrected chi connectivity index (χ2v) is 8.63. The molecule has 1 saturated heterocycles. The molecule has 1 heterocycles. The normalized spacial score (nSPS) is 19.4. The minimum Gasteiger partial charge on any atom is -0.495 e. The van der Waals surface area contributed by atoms with E-state index >= 15 is 0 Å². The molecule has 0 bridgehead atoms. The fourth-order valence-electron chi connectivity index (χ4n) is 3.49.